The Kier molecular flexibility index (Phi) is 14.4. The summed E-state index contributed by atoms with van der Waals surface area (Å²) in [5.41, 5.74) is 1.72. The molecular formula is C27H50O2SSn. The van der Waals surface area contributed by atoms with Crippen molar-refractivity contribution in [3.8, 4) is 0 Å². The van der Waals surface area contributed by atoms with Gasteiger partial charge < -0.3 is 0 Å². The Morgan fingerprint density at radius 1 is 0.742 bits per heavy atom. The van der Waals surface area contributed by atoms with Crippen LogP contribution in [0.2, 0.25) is 13.3 Å². The molecule has 31 heavy (non-hydrogen) atoms. The molecule has 0 atom stereocenters. The Balaban J connectivity index is 2.28. The van der Waals surface area contributed by atoms with Gasteiger partial charge in [-0.2, -0.15) is 0 Å². The van der Waals surface area contributed by atoms with Gasteiger partial charge in [0, 0.05) is 0 Å². The van der Waals surface area contributed by atoms with Crippen LogP contribution in [0.5, 0.6) is 0 Å². The molecule has 1 aromatic heterocycles. The van der Waals surface area contributed by atoms with E-state index in [9.17, 15) is 0 Å². The van der Waals surface area contributed by atoms with Gasteiger partial charge in [0.05, 0.1) is 0 Å². The number of thiophene rings is 1. The molecule has 0 saturated carbocycles. The number of hydrogen-bond donors (Lipinski definition) is 0. The first-order valence-electron chi connectivity index (χ1n) is 13.6. The van der Waals surface area contributed by atoms with Gasteiger partial charge >= 0.3 is 203 Å². The van der Waals surface area contributed by atoms with Gasteiger partial charge in [0.2, 0.25) is 0 Å². The topological polar surface area (TPSA) is 18.5 Å². The van der Waals surface area contributed by atoms with E-state index in [0.29, 0.717) is 0 Å². The molecule has 0 amide bonds. The fourth-order valence-corrected chi connectivity index (χ4v) is 26.6. The summed E-state index contributed by atoms with van der Waals surface area (Å²) in [5.74, 6) is 0. The quantitative estimate of drug-likeness (QED) is 0.133. The third-order valence-corrected chi connectivity index (χ3v) is 26.7. The zero-order valence-electron chi connectivity index (χ0n) is 21.1. The molecule has 1 saturated heterocycles. The molecule has 4 heteroatoms. The predicted molar refractivity (Wildman–Crippen MR) is 141 cm³/mol. The van der Waals surface area contributed by atoms with E-state index >= 15 is 0 Å². The Labute approximate surface area is 201 Å². The molecule has 0 aromatic carbocycles. The zero-order chi connectivity index (χ0) is 22.4. The molecule has 0 radical (unpaired) electrons. The first kappa shape index (κ1) is 27.7. The van der Waals surface area contributed by atoms with Crippen molar-refractivity contribution >= 4 is 32.6 Å². The molecule has 1 fully saturated rings. The number of rotatable bonds is 18. The van der Waals surface area contributed by atoms with E-state index in [4.69, 9.17) is 9.47 Å². The van der Waals surface area contributed by atoms with Crippen LogP contribution in [-0.2, 0) is 15.9 Å². The Morgan fingerprint density at radius 2 is 1.26 bits per heavy atom. The summed E-state index contributed by atoms with van der Waals surface area (Å²) < 4.78 is 18.5. The van der Waals surface area contributed by atoms with Crippen LogP contribution in [-0.4, -0.2) is 31.6 Å². The van der Waals surface area contributed by atoms with Crippen molar-refractivity contribution < 1.29 is 9.47 Å². The summed E-state index contributed by atoms with van der Waals surface area (Å²) in [5, 5.41) is 0. The van der Waals surface area contributed by atoms with Crippen molar-refractivity contribution in [2.45, 2.75) is 131 Å². The van der Waals surface area contributed by atoms with Crippen LogP contribution in [0.25, 0.3) is 0 Å². The molecule has 0 unspecified atom stereocenters. The van der Waals surface area contributed by atoms with Crippen molar-refractivity contribution in [2.24, 2.45) is 0 Å². The average Bonchev–Trinajstić information content (AvgIpc) is 3.46. The summed E-state index contributed by atoms with van der Waals surface area (Å²) in [4.78, 5) is 1.37. The van der Waals surface area contributed by atoms with Gasteiger partial charge in [0.15, 0.2) is 0 Å². The van der Waals surface area contributed by atoms with Crippen molar-refractivity contribution in [1.29, 1.82) is 0 Å². The van der Waals surface area contributed by atoms with Crippen LogP contribution in [0.3, 0.4) is 0 Å². The van der Waals surface area contributed by atoms with Crippen LogP contribution in [0.4, 0.5) is 0 Å². The number of unbranched alkanes of at least 4 members (excludes halogenated alkanes) is 8. The van der Waals surface area contributed by atoms with Gasteiger partial charge in [-0.3, -0.25) is 0 Å². The number of aryl methyl sites for hydroxylation is 1. The standard InChI is InChI=1S/C15H23O2S.3C4H9.Sn/c1-2-3-4-5-6-7-8-13-11-14(18-12-13)15-16-9-10-17-15;3*1-3-4-2;/h11,15H,2-10H2,1H3;3*1,3-4H2,2H3;. The molecule has 0 spiro atoms. The molecule has 1 aromatic rings. The van der Waals surface area contributed by atoms with Crippen molar-refractivity contribution in [1.82, 2.24) is 0 Å². The van der Waals surface area contributed by atoms with Crippen molar-refractivity contribution in [2.75, 3.05) is 13.2 Å². The Bertz CT molecular complexity index is 558. The predicted octanol–water partition coefficient (Wildman–Crippen LogP) is 8.75. The molecule has 2 heterocycles. The molecule has 1 aliphatic heterocycles. The van der Waals surface area contributed by atoms with Gasteiger partial charge in [0.25, 0.3) is 0 Å². The van der Waals surface area contributed by atoms with E-state index in [0.717, 1.165) is 13.2 Å². The van der Waals surface area contributed by atoms with Gasteiger partial charge in [-0.15, -0.1) is 0 Å². The van der Waals surface area contributed by atoms with E-state index < -0.39 is 18.4 Å². The van der Waals surface area contributed by atoms with Gasteiger partial charge in [-0.25, -0.2) is 0 Å². The minimum atomic E-state index is -2.43. The van der Waals surface area contributed by atoms with Crippen LogP contribution in [0, 0.1) is 0 Å². The van der Waals surface area contributed by atoms with E-state index in [2.05, 4.69) is 45.1 Å². The summed E-state index contributed by atoms with van der Waals surface area (Å²) in [6.07, 6.45) is 17.8. The molecule has 0 aliphatic carbocycles. The molecule has 2 nitrogen and oxygen atoms in total. The fraction of sp³-hybridized carbons (Fsp3) is 0.852. The monoisotopic (exact) mass is 558 g/mol. The first-order chi connectivity index (χ1) is 15.2. The SMILES string of the molecule is CCCCCCCCc1cc(C2OCCO2)s[c]1[Sn]([CH2]CCC)([CH2]CCC)[CH2]CCC. The summed E-state index contributed by atoms with van der Waals surface area (Å²) in [6.45, 7) is 11.0. The summed E-state index contributed by atoms with van der Waals surface area (Å²) in [6, 6.07) is 2.53. The van der Waals surface area contributed by atoms with Gasteiger partial charge in [-0.05, 0) is 0 Å². The third kappa shape index (κ3) is 8.94. The molecule has 1 aliphatic rings. The zero-order valence-corrected chi connectivity index (χ0v) is 24.8. The molecule has 0 bridgehead atoms. The van der Waals surface area contributed by atoms with Crippen LogP contribution >= 0.6 is 11.3 Å². The van der Waals surface area contributed by atoms with E-state index in [-0.39, 0.29) is 6.29 Å². The normalized spacial score (nSPS) is 15.2. The van der Waals surface area contributed by atoms with Crippen LogP contribution < -0.4 is 2.89 Å². The molecule has 0 N–H and O–H groups in total. The second-order valence-corrected chi connectivity index (χ2v) is 24.8. The molecule has 2 rings (SSSR count). The van der Waals surface area contributed by atoms with E-state index in [1.165, 1.54) is 88.3 Å². The van der Waals surface area contributed by atoms with Crippen LogP contribution in [0.15, 0.2) is 6.07 Å². The second kappa shape index (κ2) is 16.1. The van der Waals surface area contributed by atoms with Crippen molar-refractivity contribution in [3.63, 3.8) is 0 Å². The van der Waals surface area contributed by atoms with Gasteiger partial charge in [0.1, 0.15) is 0 Å². The number of ether oxygens (including phenoxy) is 2. The first-order valence-corrected chi connectivity index (χ1v) is 21.9. The summed E-state index contributed by atoms with van der Waals surface area (Å²) in [7, 11) is 0. The Hall–Kier alpha value is 0.419. The fourth-order valence-electron chi connectivity index (χ4n) is 5.08. The maximum absolute atomic E-state index is 5.94. The second-order valence-electron chi connectivity index (χ2n) is 9.69. The number of hydrogen-bond acceptors (Lipinski definition) is 3. The average molecular weight is 557 g/mol. The minimum absolute atomic E-state index is 0.0884. The van der Waals surface area contributed by atoms with E-state index in [1.54, 1.807) is 18.9 Å². The maximum atomic E-state index is 5.94. The van der Waals surface area contributed by atoms with Crippen molar-refractivity contribution in [3.05, 3.63) is 16.5 Å². The molecular weight excluding hydrogens is 507 g/mol. The van der Waals surface area contributed by atoms with Crippen LogP contribution in [0.1, 0.15) is 121 Å². The third-order valence-electron chi connectivity index (χ3n) is 6.99. The molecule has 180 valence electrons. The Morgan fingerprint density at radius 3 is 1.81 bits per heavy atom. The summed E-state index contributed by atoms with van der Waals surface area (Å²) >= 11 is -0.297. The van der Waals surface area contributed by atoms with Gasteiger partial charge in [-0.1, -0.05) is 0 Å². The van der Waals surface area contributed by atoms with E-state index in [1.807, 2.05) is 2.89 Å².